The molecule has 68 valence electrons. The minimum atomic E-state index is -3.00. The average molecular weight is 292 g/mol. The second kappa shape index (κ2) is 4.16. The van der Waals surface area contributed by atoms with E-state index in [9.17, 15) is 8.42 Å². The monoisotopic (exact) mass is 292 g/mol. The molecule has 1 heterocycles. The summed E-state index contributed by atoms with van der Waals surface area (Å²) in [7, 11) is -3.00. The molecule has 0 aromatic rings. The summed E-state index contributed by atoms with van der Waals surface area (Å²) >= 11 is 10.9. The molecule has 12 heavy (non-hydrogen) atoms. The Morgan fingerprint density at radius 3 is 1.92 bits per heavy atom. The fourth-order valence-electron chi connectivity index (χ4n) is 0.819. The van der Waals surface area contributed by atoms with Gasteiger partial charge in [-0.1, -0.05) is 0 Å². The zero-order valence-corrected chi connectivity index (χ0v) is 10.00. The molecule has 0 bridgehead atoms. The molecule has 1 fully saturated rings. The van der Waals surface area contributed by atoms with Crippen molar-refractivity contribution in [3.05, 3.63) is 20.0 Å². The SMILES string of the molecule is O=S1(=O)C/C(=C\Cl)[Se]/C(=C/Cl)C1. The molecule has 0 N–H and O–H groups in total. The fraction of sp³-hybridized carbons (Fsp3) is 0.333. The summed E-state index contributed by atoms with van der Waals surface area (Å²) in [5.74, 6) is 0.176. The number of rotatable bonds is 0. The molecule has 0 amide bonds. The zero-order valence-electron chi connectivity index (χ0n) is 5.96. The normalized spacial score (nSPS) is 29.5. The third-order valence-electron chi connectivity index (χ3n) is 1.23. The number of halogens is 2. The van der Waals surface area contributed by atoms with Crippen molar-refractivity contribution in [1.29, 1.82) is 0 Å². The van der Waals surface area contributed by atoms with Crippen LogP contribution in [-0.2, 0) is 9.84 Å². The van der Waals surface area contributed by atoms with Gasteiger partial charge in [0.15, 0.2) is 0 Å². The Labute approximate surface area is 87.7 Å². The van der Waals surface area contributed by atoms with Crippen LogP contribution in [0, 0.1) is 0 Å². The van der Waals surface area contributed by atoms with E-state index in [1.165, 1.54) is 11.1 Å². The van der Waals surface area contributed by atoms with Gasteiger partial charge in [0.05, 0.1) is 0 Å². The minimum absolute atomic E-state index is 0.0226. The molecule has 0 aromatic carbocycles. The van der Waals surface area contributed by atoms with E-state index in [2.05, 4.69) is 0 Å². The molecule has 0 aliphatic carbocycles. The molecule has 1 aliphatic rings. The molecule has 0 aromatic heterocycles. The van der Waals surface area contributed by atoms with Crippen molar-refractivity contribution in [2.24, 2.45) is 0 Å². The van der Waals surface area contributed by atoms with Gasteiger partial charge in [0.1, 0.15) is 0 Å². The van der Waals surface area contributed by atoms with Gasteiger partial charge in [0, 0.05) is 0 Å². The summed E-state index contributed by atoms with van der Waals surface area (Å²) in [6.45, 7) is 0. The molecule has 1 rings (SSSR count). The van der Waals surface area contributed by atoms with Crippen LogP contribution < -0.4 is 0 Å². The van der Waals surface area contributed by atoms with Gasteiger partial charge in [0.25, 0.3) is 0 Å². The molecule has 1 aliphatic heterocycles. The van der Waals surface area contributed by atoms with Crippen LogP contribution in [0.4, 0.5) is 0 Å². The molecule has 0 radical (unpaired) electrons. The Hall–Kier alpha value is 0.529. The van der Waals surface area contributed by atoms with Gasteiger partial charge in [0.2, 0.25) is 0 Å². The van der Waals surface area contributed by atoms with Gasteiger partial charge in [-0.2, -0.15) is 0 Å². The molecular weight excluding hydrogens is 286 g/mol. The molecule has 0 spiro atoms. The van der Waals surface area contributed by atoms with Crippen molar-refractivity contribution in [2.75, 3.05) is 11.5 Å². The van der Waals surface area contributed by atoms with Crippen LogP contribution in [0.5, 0.6) is 0 Å². The average Bonchev–Trinajstić information content (AvgIpc) is 2.01. The summed E-state index contributed by atoms with van der Waals surface area (Å²) < 4.78 is 23.9. The molecule has 0 unspecified atom stereocenters. The quantitative estimate of drug-likeness (QED) is 0.630. The van der Waals surface area contributed by atoms with E-state index in [1.807, 2.05) is 0 Å². The van der Waals surface area contributed by atoms with Crippen molar-refractivity contribution in [3.63, 3.8) is 0 Å². The van der Waals surface area contributed by atoms with E-state index >= 15 is 0 Å². The summed E-state index contributed by atoms with van der Waals surface area (Å²) in [6, 6.07) is 0. The van der Waals surface area contributed by atoms with Gasteiger partial charge in [-0.25, -0.2) is 0 Å². The Morgan fingerprint density at radius 1 is 1.17 bits per heavy atom. The number of hydrogen-bond donors (Lipinski definition) is 0. The summed E-state index contributed by atoms with van der Waals surface area (Å²) in [4.78, 5) is 0. The van der Waals surface area contributed by atoms with Crippen LogP contribution in [0.1, 0.15) is 0 Å². The van der Waals surface area contributed by atoms with Gasteiger partial charge >= 0.3 is 87.9 Å². The first-order chi connectivity index (χ1) is 5.57. The van der Waals surface area contributed by atoms with E-state index in [1.54, 1.807) is 0 Å². The Morgan fingerprint density at radius 2 is 1.58 bits per heavy atom. The van der Waals surface area contributed by atoms with E-state index in [-0.39, 0.29) is 26.5 Å². The molecule has 0 atom stereocenters. The molecular formula is C6H6Cl2O2SSe. The predicted molar refractivity (Wildman–Crippen MR) is 52.3 cm³/mol. The van der Waals surface area contributed by atoms with Crippen molar-refractivity contribution < 1.29 is 8.42 Å². The number of sulfone groups is 1. The van der Waals surface area contributed by atoms with Gasteiger partial charge < -0.3 is 0 Å². The second-order valence-corrected chi connectivity index (χ2v) is 7.41. The molecule has 1 saturated heterocycles. The Bertz CT molecular complexity index is 305. The fourth-order valence-corrected chi connectivity index (χ4v) is 6.77. The summed E-state index contributed by atoms with van der Waals surface area (Å²) in [5, 5.41) is 0. The van der Waals surface area contributed by atoms with Crippen molar-refractivity contribution in [3.8, 4) is 0 Å². The summed E-state index contributed by atoms with van der Waals surface area (Å²) in [6.07, 6.45) is 0. The van der Waals surface area contributed by atoms with Crippen LogP contribution in [0.2, 0.25) is 0 Å². The maximum absolute atomic E-state index is 11.2. The van der Waals surface area contributed by atoms with Crippen molar-refractivity contribution >= 4 is 48.0 Å². The third-order valence-corrected chi connectivity index (χ3v) is 6.87. The molecule has 0 saturated carbocycles. The van der Waals surface area contributed by atoms with E-state index in [0.717, 1.165) is 8.94 Å². The van der Waals surface area contributed by atoms with Crippen LogP contribution in [0.25, 0.3) is 0 Å². The van der Waals surface area contributed by atoms with Crippen LogP contribution in [-0.4, -0.2) is 34.9 Å². The van der Waals surface area contributed by atoms with E-state index in [0.29, 0.717) is 0 Å². The first-order valence-electron chi connectivity index (χ1n) is 3.04. The first kappa shape index (κ1) is 10.6. The first-order valence-corrected chi connectivity index (χ1v) is 7.45. The maximum atomic E-state index is 11.2. The third kappa shape index (κ3) is 2.78. The van der Waals surface area contributed by atoms with E-state index in [4.69, 9.17) is 23.2 Å². The standard InChI is InChI=1S/C6H6Cl2O2SSe/c7-1-5-3-11(9,10)4-6(2-8)12-5/h1-2H,3-4H2/b5-1+,6-2+. The number of hydrogen-bond acceptors (Lipinski definition) is 2. The van der Waals surface area contributed by atoms with E-state index < -0.39 is 9.84 Å². The predicted octanol–water partition coefficient (Wildman–Crippen LogP) is 1.28. The topological polar surface area (TPSA) is 34.1 Å². The van der Waals surface area contributed by atoms with Crippen LogP contribution in [0.15, 0.2) is 20.0 Å². The van der Waals surface area contributed by atoms with Gasteiger partial charge in [-0.15, -0.1) is 0 Å². The van der Waals surface area contributed by atoms with Gasteiger partial charge in [-0.3, -0.25) is 0 Å². The Kier molecular flexibility index (Phi) is 3.68. The van der Waals surface area contributed by atoms with Crippen molar-refractivity contribution in [1.82, 2.24) is 0 Å². The Balaban J connectivity index is 2.95. The molecule has 6 heteroatoms. The second-order valence-electron chi connectivity index (χ2n) is 2.29. The van der Waals surface area contributed by atoms with Crippen LogP contribution in [0.3, 0.4) is 0 Å². The van der Waals surface area contributed by atoms with Crippen molar-refractivity contribution in [2.45, 2.75) is 0 Å². The van der Waals surface area contributed by atoms with Crippen LogP contribution >= 0.6 is 23.2 Å². The summed E-state index contributed by atoms with van der Waals surface area (Å²) in [5.41, 5.74) is 2.69. The zero-order chi connectivity index (χ0) is 9.19. The van der Waals surface area contributed by atoms with Gasteiger partial charge in [-0.05, 0) is 0 Å². The molecule has 2 nitrogen and oxygen atoms in total.